The molecular weight excluding hydrogens is 690 g/mol. The average molecular weight is 736 g/mol. The van der Waals surface area contributed by atoms with Crippen molar-refractivity contribution < 1.29 is 22.1 Å². The minimum absolute atomic E-state index is 0.0523. The van der Waals surface area contributed by atoms with Crippen LogP contribution in [0.25, 0.3) is 17.1 Å². The van der Waals surface area contributed by atoms with Crippen molar-refractivity contribution in [2.24, 2.45) is 0 Å². The number of unbranched alkanes of at least 4 members (excludes halogenated alkanes) is 3. The number of aromatic nitrogens is 3. The van der Waals surface area contributed by atoms with E-state index >= 15 is 0 Å². The third-order valence-electron chi connectivity index (χ3n) is 9.22. The van der Waals surface area contributed by atoms with Gasteiger partial charge in [-0.3, -0.25) is 13.9 Å². The number of hydrogen-bond donors (Lipinski definition) is 2. The molecule has 2 aliphatic heterocycles. The van der Waals surface area contributed by atoms with Gasteiger partial charge in [-0.15, -0.1) is 0 Å². The molecule has 0 spiro atoms. The molecule has 3 aromatic carbocycles. The van der Waals surface area contributed by atoms with Gasteiger partial charge < -0.3 is 14.1 Å². The average Bonchev–Trinajstić information content (AvgIpc) is 3.35. The van der Waals surface area contributed by atoms with E-state index in [1.807, 2.05) is 54.7 Å². The number of nitrogens with one attached hydrogen (secondary N) is 1. The van der Waals surface area contributed by atoms with E-state index in [1.165, 1.54) is 0 Å². The number of aromatic amines is 1. The minimum Gasteiger partial charge on any atom is -0.543 e. The van der Waals surface area contributed by atoms with Crippen molar-refractivity contribution in [1.82, 2.24) is 14.5 Å². The van der Waals surface area contributed by atoms with Gasteiger partial charge in [0.25, 0.3) is 15.7 Å². The van der Waals surface area contributed by atoms with Crippen molar-refractivity contribution in [3.63, 3.8) is 0 Å². The van der Waals surface area contributed by atoms with E-state index in [2.05, 4.69) is 51.0 Å². The molecule has 0 fully saturated rings. The van der Waals surface area contributed by atoms with Gasteiger partial charge in [0.15, 0.2) is 5.82 Å². The summed E-state index contributed by atoms with van der Waals surface area (Å²) >= 11 is 6.57. The molecule has 0 saturated heterocycles. The van der Waals surface area contributed by atoms with E-state index in [-0.39, 0.29) is 16.4 Å². The predicted octanol–water partition coefficient (Wildman–Crippen LogP) is 8.71. The zero-order chi connectivity index (χ0) is 36.1. The van der Waals surface area contributed by atoms with Gasteiger partial charge in [-0.25, -0.2) is 4.98 Å². The van der Waals surface area contributed by atoms with Gasteiger partial charge in [0.05, 0.1) is 28.8 Å². The standard InChI is InChI=1S/C38H46ClN3O6SSi/c1-38(2,3)50(4,5)48-30-17-13-16-29(25-30)34-26-42-36(32(40-34)23-27-14-9-8-10-15-27)41-33(37(42)43)24-28-18-19-35(31(39)22-28)47-20-11-6-7-12-21-49(44,45)46/h8-10,13-19,22,25-26,40H,6-7,11-12,20-21,23-24H2,1-5H3,(H,44,45,46). The van der Waals surface area contributed by atoms with Crippen molar-refractivity contribution in [1.29, 1.82) is 0 Å². The monoisotopic (exact) mass is 735 g/mol. The zero-order valence-electron chi connectivity index (χ0n) is 29.3. The Labute approximate surface area is 300 Å². The van der Waals surface area contributed by atoms with Gasteiger partial charge in [-0.2, -0.15) is 8.42 Å². The largest absolute Gasteiger partial charge is 0.543 e. The molecule has 0 atom stereocenters. The van der Waals surface area contributed by atoms with Gasteiger partial charge in [0.2, 0.25) is 8.32 Å². The molecule has 3 aromatic rings. The quantitative estimate of drug-likeness (QED) is 0.0626. The first kappa shape index (κ1) is 37.4. The number of benzene rings is 3. The number of fused-ring (bicyclic) bond motifs is 1. The molecule has 0 bridgehead atoms. The number of rotatable bonds is 15. The first-order valence-corrected chi connectivity index (χ1v) is 21.8. The lowest BCUT2D eigenvalue weighted by Gasteiger charge is -2.36. The fourth-order valence-electron chi connectivity index (χ4n) is 5.42. The van der Waals surface area contributed by atoms with E-state index in [1.54, 1.807) is 16.7 Å². The third kappa shape index (κ3) is 9.66. The Morgan fingerprint density at radius 1 is 0.920 bits per heavy atom. The molecule has 2 heterocycles. The van der Waals surface area contributed by atoms with Crippen LogP contribution in [0.15, 0.2) is 83.8 Å². The minimum atomic E-state index is -3.92. The van der Waals surface area contributed by atoms with Gasteiger partial charge >= 0.3 is 0 Å². The Balaban J connectivity index is 1.38. The number of ether oxygens (including phenoxy) is 1. The van der Waals surface area contributed by atoms with Crippen molar-refractivity contribution in [3.8, 4) is 28.6 Å². The maximum Gasteiger partial charge on any atom is 0.278 e. The summed E-state index contributed by atoms with van der Waals surface area (Å²) in [5.41, 5.74) is 4.67. The van der Waals surface area contributed by atoms with Crippen LogP contribution in [-0.4, -0.2) is 48.2 Å². The van der Waals surface area contributed by atoms with Crippen LogP contribution in [0.2, 0.25) is 23.2 Å². The highest BCUT2D eigenvalue weighted by Crippen LogP contribution is 2.38. The molecule has 0 amide bonds. The Morgan fingerprint density at radius 2 is 1.66 bits per heavy atom. The van der Waals surface area contributed by atoms with E-state index in [4.69, 9.17) is 30.3 Å². The normalized spacial score (nSPS) is 12.4. The Kier molecular flexibility index (Phi) is 11.6. The van der Waals surface area contributed by atoms with Crippen molar-refractivity contribution in [3.05, 3.63) is 117 Å². The molecule has 2 N–H and O–H groups in total. The van der Waals surface area contributed by atoms with Crippen LogP contribution in [0, 0.1) is 0 Å². The second-order valence-electron chi connectivity index (χ2n) is 14.2. The van der Waals surface area contributed by atoms with Crippen LogP contribution in [0.1, 0.15) is 69.0 Å². The third-order valence-corrected chi connectivity index (χ3v) is 14.7. The fraction of sp³-hybridized carbons (Fsp3) is 0.368. The van der Waals surface area contributed by atoms with Gasteiger partial charge in [0.1, 0.15) is 17.2 Å². The number of H-pyrrole nitrogens is 1. The molecule has 12 heteroatoms. The highest BCUT2D eigenvalue weighted by molar-refractivity contribution is 7.85. The van der Waals surface area contributed by atoms with Crippen LogP contribution >= 0.6 is 11.6 Å². The van der Waals surface area contributed by atoms with Gasteiger partial charge in [-0.1, -0.05) is 93.7 Å². The molecule has 9 nitrogen and oxygen atoms in total. The number of nitrogens with zero attached hydrogens (tertiary/aromatic N) is 2. The molecule has 0 aliphatic carbocycles. The number of halogens is 1. The lowest BCUT2D eigenvalue weighted by molar-refractivity contribution is 0.305. The lowest BCUT2D eigenvalue weighted by Crippen LogP contribution is -2.43. The summed E-state index contributed by atoms with van der Waals surface area (Å²) in [5, 5.41) is 0.488. The van der Waals surface area contributed by atoms with Crippen molar-refractivity contribution in [2.75, 3.05) is 12.4 Å². The first-order valence-electron chi connectivity index (χ1n) is 16.9. The van der Waals surface area contributed by atoms with E-state index in [0.717, 1.165) is 46.7 Å². The maximum atomic E-state index is 13.9. The maximum absolute atomic E-state index is 13.9. The van der Waals surface area contributed by atoms with Crippen LogP contribution < -0.4 is 14.7 Å². The van der Waals surface area contributed by atoms with E-state index < -0.39 is 18.4 Å². The smallest absolute Gasteiger partial charge is 0.278 e. The molecule has 0 saturated carbocycles. The summed E-state index contributed by atoms with van der Waals surface area (Å²) in [6.07, 6.45) is 5.26. The summed E-state index contributed by atoms with van der Waals surface area (Å²) in [5.74, 6) is 1.69. The highest BCUT2D eigenvalue weighted by Gasteiger charge is 2.39. The molecule has 5 rings (SSSR count). The molecule has 2 aliphatic rings. The van der Waals surface area contributed by atoms with Gasteiger partial charge in [0, 0.05) is 24.6 Å². The van der Waals surface area contributed by atoms with Crippen LogP contribution in [0.3, 0.4) is 0 Å². The molecular formula is C38H46ClN3O6SSi. The summed E-state index contributed by atoms with van der Waals surface area (Å²) in [7, 11) is -5.98. The predicted molar refractivity (Wildman–Crippen MR) is 203 cm³/mol. The fourth-order valence-corrected chi connectivity index (χ4v) is 7.27. The van der Waals surface area contributed by atoms with E-state index in [9.17, 15) is 13.2 Å². The first-order chi connectivity index (χ1) is 23.6. The molecule has 50 heavy (non-hydrogen) atoms. The van der Waals surface area contributed by atoms with Crippen LogP contribution in [0.4, 0.5) is 0 Å². The Hall–Kier alpha value is -3.90. The molecule has 0 unspecified atom stereocenters. The van der Waals surface area contributed by atoms with Crippen LogP contribution in [0.5, 0.6) is 11.5 Å². The van der Waals surface area contributed by atoms with Gasteiger partial charge in [-0.05, 0) is 66.4 Å². The molecule has 0 radical (unpaired) electrons. The van der Waals surface area contributed by atoms with E-state index in [0.29, 0.717) is 54.6 Å². The van der Waals surface area contributed by atoms with Crippen molar-refractivity contribution in [2.45, 2.75) is 77.4 Å². The Morgan fingerprint density at radius 3 is 2.36 bits per heavy atom. The lowest BCUT2D eigenvalue weighted by atomic mass is 10.1. The number of hydrogen-bond acceptors (Lipinski definition) is 6. The molecule has 0 aromatic heterocycles. The second-order valence-corrected chi connectivity index (χ2v) is 21.0. The summed E-state index contributed by atoms with van der Waals surface area (Å²) < 4.78 is 44.7. The SMILES string of the molecule is CC(C)(C)[Si](C)(C)Oc1cccc(-c2cn3c(=O)c(Cc4ccc(OCCCCCCS(=O)(=O)O)c(Cl)c4)nc-3c(Cc3ccccc3)[nH]2)c1. The second kappa shape index (κ2) is 15.5. The summed E-state index contributed by atoms with van der Waals surface area (Å²) in [4.78, 5) is 22.4. The molecule has 266 valence electrons. The highest BCUT2D eigenvalue weighted by atomic mass is 35.5. The summed E-state index contributed by atoms with van der Waals surface area (Å²) in [6.45, 7) is 11.5. The zero-order valence-corrected chi connectivity index (χ0v) is 31.9. The summed E-state index contributed by atoms with van der Waals surface area (Å²) in [6, 6.07) is 23.6. The number of imidazole rings is 1. The van der Waals surface area contributed by atoms with Crippen molar-refractivity contribution >= 4 is 30.0 Å². The van der Waals surface area contributed by atoms with Crippen LogP contribution in [-0.2, 0) is 23.0 Å². The Bertz CT molecular complexity index is 2060. The topological polar surface area (TPSA) is 124 Å².